The predicted molar refractivity (Wildman–Crippen MR) is 66.3 cm³/mol. The van der Waals surface area contributed by atoms with Gasteiger partial charge in [-0.05, 0) is 13.0 Å². The number of hydrogen-bond acceptors (Lipinski definition) is 3. The highest BCUT2D eigenvalue weighted by Crippen LogP contribution is 2.18. The molecule has 0 aliphatic rings. The molecule has 1 rings (SSSR count). The van der Waals surface area contributed by atoms with Crippen molar-refractivity contribution in [2.75, 3.05) is 12.3 Å². The maximum absolute atomic E-state index is 4.16. The summed E-state index contributed by atoms with van der Waals surface area (Å²) in [6, 6.07) is 0.630. The molecule has 86 valence electrons. The summed E-state index contributed by atoms with van der Waals surface area (Å²) in [5, 5.41) is 7.67. The van der Waals surface area contributed by atoms with Crippen molar-refractivity contribution in [2.45, 2.75) is 37.6 Å². The lowest BCUT2D eigenvalue weighted by molar-refractivity contribution is 0.531. The number of hydrogen-bond donors (Lipinski definition) is 1. The summed E-state index contributed by atoms with van der Waals surface area (Å²) < 4.78 is 1.85. The van der Waals surface area contributed by atoms with Gasteiger partial charge in [-0.3, -0.25) is 4.68 Å². The molecule has 0 aliphatic heterocycles. The Balaban J connectivity index is 2.32. The number of nitrogens with one attached hydrogen (secondary N) is 1. The first-order valence-corrected chi connectivity index (χ1v) is 6.59. The first kappa shape index (κ1) is 12.6. The Kier molecular flexibility index (Phi) is 5.79. The molecule has 0 amide bonds. The van der Waals surface area contributed by atoms with E-state index in [1.165, 1.54) is 17.7 Å². The summed E-state index contributed by atoms with van der Waals surface area (Å²) in [6.45, 7) is 5.45. The summed E-state index contributed by atoms with van der Waals surface area (Å²) in [5.41, 5.74) is 0. The van der Waals surface area contributed by atoms with Crippen LogP contribution in [-0.2, 0) is 7.05 Å². The summed E-state index contributed by atoms with van der Waals surface area (Å²) in [6.07, 6.45) is 6.49. The quantitative estimate of drug-likeness (QED) is 0.725. The highest BCUT2D eigenvalue weighted by atomic mass is 32.2. The average molecular weight is 227 g/mol. The van der Waals surface area contributed by atoms with E-state index in [0.717, 1.165) is 12.3 Å². The van der Waals surface area contributed by atoms with Crippen molar-refractivity contribution in [3.05, 3.63) is 12.4 Å². The second-order valence-corrected chi connectivity index (χ2v) is 4.80. The van der Waals surface area contributed by atoms with Crippen molar-refractivity contribution in [3.8, 4) is 0 Å². The molecule has 0 fully saturated rings. The molecule has 0 aromatic carbocycles. The van der Waals surface area contributed by atoms with Crippen molar-refractivity contribution in [1.29, 1.82) is 0 Å². The van der Waals surface area contributed by atoms with Crippen LogP contribution in [0.15, 0.2) is 17.3 Å². The van der Waals surface area contributed by atoms with Gasteiger partial charge in [0.25, 0.3) is 0 Å². The first-order chi connectivity index (χ1) is 7.26. The lowest BCUT2D eigenvalue weighted by atomic mass is 10.2. The zero-order valence-corrected chi connectivity index (χ0v) is 10.7. The van der Waals surface area contributed by atoms with E-state index in [1.807, 2.05) is 29.7 Å². The van der Waals surface area contributed by atoms with Gasteiger partial charge in [0, 0.05) is 29.9 Å². The number of thioether (sulfide) groups is 1. The van der Waals surface area contributed by atoms with Crippen molar-refractivity contribution in [3.63, 3.8) is 0 Å². The molecule has 0 radical (unpaired) electrons. The minimum absolute atomic E-state index is 0.630. The van der Waals surface area contributed by atoms with Gasteiger partial charge in [0.2, 0.25) is 0 Å². The van der Waals surface area contributed by atoms with Gasteiger partial charge >= 0.3 is 0 Å². The van der Waals surface area contributed by atoms with Crippen LogP contribution in [0.25, 0.3) is 0 Å². The molecule has 0 aliphatic carbocycles. The molecule has 1 atom stereocenters. The van der Waals surface area contributed by atoms with Crippen LogP contribution in [0, 0.1) is 0 Å². The van der Waals surface area contributed by atoms with Crippen LogP contribution in [0.1, 0.15) is 26.7 Å². The van der Waals surface area contributed by atoms with Crippen LogP contribution < -0.4 is 5.32 Å². The molecule has 1 unspecified atom stereocenters. The Morgan fingerprint density at radius 2 is 2.33 bits per heavy atom. The van der Waals surface area contributed by atoms with Gasteiger partial charge in [0.1, 0.15) is 0 Å². The van der Waals surface area contributed by atoms with Crippen molar-refractivity contribution < 1.29 is 0 Å². The van der Waals surface area contributed by atoms with Crippen LogP contribution in [0.2, 0.25) is 0 Å². The molecule has 0 bridgehead atoms. The summed E-state index contributed by atoms with van der Waals surface area (Å²) in [5.74, 6) is 1.13. The van der Waals surface area contributed by atoms with Crippen LogP contribution in [0.3, 0.4) is 0 Å². The van der Waals surface area contributed by atoms with E-state index < -0.39 is 0 Å². The fraction of sp³-hybridized carbons (Fsp3) is 0.727. The zero-order valence-electron chi connectivity index (χ0n) is 9.86. The van der Waals surface area contributed by atoms with E-state index in [0.29, 0.717) is 6.04 Å². The normalized spacial score (nSPS) is 13.0. The van der Waals surface area contributed by atoms with Crippen molar-refractivity contribution in [2.24, 2.45) is 7.05 Å². The molecule has 0 saturated heterocycles. The second kappa shape index (κ2) is 6.90. The first-order valence-electron chi connectivity index (χ1n) is 5.61. The van der Waals surface area contributed by atoms with Gasteiger partial charge in [-0.1, -0.05) is 20.3 Å². The Morgan fingerprint density at radius 3 is 2.87 bits per heavy atom. The molecule has 4 heteroatoms. The average Bonchev–Trinajstić information content (AvgIpc) is 2.61. The van der Waals surface area contributed by atoms with E-state index in [2.05, 4.69) is 30.5 Å². The second-order valence-electron chi connectivity index (χ2n) is 3.70. The van der Waals surface area contributed by atoms with E-state index in [-0.39, 0.29) is 0 Å². The molecule has 1 heterocycles. The fourth-order valence-electron chi connectivity index (χ4n) is 1.55. The minimum atomic E-state index is 0.630. The summed E-state index contributed by atoms with van der Waals surface area (Å²) in [7, 11) is 1.96. The van der Waals surface area contributed by atoms with Crippen molar-refractivity contribution in [1.82, 2.24) is 15.1 Å². The van der Waals surface area contributed by atoms with Gasteiger partial charge in [0.05, 0.1) is 6.20 Å². The summed E-state index contributed by atoms with van der Waals surface area (Å²) >= 11 is 1.88. The van der Waals surface area contributed by atoms with Crippen LogP contribution >= 0.6 is 11.8 Å². The topological polar surface area (TPSA) is 29.9 Å². The molecule has 1 aromatic heterocycles. The highest BCUT2D eigenvalue weighted by Gasteiger charge is 2.07. The monoisotopic (exact) mass is 227 g/mol. The third-order valence-electron chi connectivity index (χ3n) is 2.26. The molecule has 1 aromatic rings. The number of aryl methyl sites for hydroxylation is 1. The smallest absolute Gasteiger partial charge is 0.0625 e. The lowest BCUT2D eigenvalue weighted by Crippen LogP contribution is -2.30. The minimum Gasteiger partial charge on any atom is -0.313 e. The SMILES string of the molecule is CCCC(CSc1cnn(C)c1)NCC. The maximum atomic E-state index is 4.16. The number of nitrogens with zero attached hydrogens (tertiary/aromatic N) is 2. The number of rotatable bonds is 7. The van der Waals surface area contributed by atoms with E-state index >= 15 is 0 Å². The molecule has 3 nitrogen and oxygen atoms in total. The Bertz CT molecular complexity index is 267. The third kappa shape index (κ3) is 4.71. The van der Waals surface area contributed by atoms with E-state index in [1.54, 1.807) is 0 Å². The van der Waals surface area contributed by atoms with Crippen LogP contribution in [0.4, 0.5) is 0 Å². The largest absolute Gasteiger partial charge is 0.313 e. The van der Waals surface area contributed by atoms with Crippen LogP contribution in [0.5, 0.6) is 0 Å². The predicted octanol–water partition coefficient (Wildman–Crippen LogP) is 2.29. The standard InChI is InChI=1S/C11H21N3S/c1-4-6-10(12-5-2)9-15-11-7-13-14(3)8-11/h7-8,10,12H,4-6,9H2,1-3H3. The zero-order chi connectivity index (χ0) is 11.1. The Morgan fingerprint density at radius 1 is 1.53 bits per heavy atom. The number of aromatic nitrogens is 2. The third-order valence-corrected chi connectivity index (χ3v) is 3.38. The van der Waals surface area contributed by atoms with Gasteiger partial charge in [-0.15, -0.1) is 11.8 Å². The highest BCUT2D eigenvalue weighted by molar-refractivity contribution is 7.99. The van der Waals surface area contributed by atoms with Crippen molar-refractivity contribution >= 4 is 11.8 Å². The molecule has 0 saturated carbocycles. The van der Waals surface area contributed by atoms with E-state index in [9.17, 15) is 0 Å². The molecule has 1 N–H and O–H groups in total. The van der Waals surface area contributed by atoms with Gasteiger partial charge in [0.15, 0.2) is 0 Å². The van der Waals surface area contributed by atoms with Gasteiger partial charge < -0.3 is 5.32 Å². The molecular weight excluding hydrogens is 206 g/mol. The maximum Gasteiger partial charge on any atom is 0.0625 e. The van der Waals surface area contributed by atoms with E-state index in [4.69, 9.17) is 0 Å². The Labute approximate surface area is 96.6 Å². The van der Waals surface area contributed by atoms with Crippen LogP contribution in [-0.4, -0.2) is 28.1 Å². The fourth-order valence-corrected chi connectivity index (χ4v) is 2.58. The molecular formula is C11H21N3S. The van der Waals surface area contributed by atoms with Gasteiger partial charge in [-0.2, -0.15) is 5.10 Å². The lowest BCUT2D eigenvalue weighted by Gasteiger charge is -2.15. The molecule has 15 heavy (non-hydrogen) atoms. The Hall–Kier alpha value is -0.480. The van der Waals surface area contributed by atoms with Gasteiger partial charge in [-0.25, -0.2) is 0 Å². The summed E-state index contributed by atoms with van der Waals surface area (Å²) in [4.78, 5) is 1.26. The molecule has 0 spiro atoms.